The Bertz CT molecular complexity index is 1320. The summed E-state index contributed by atoms with van der Waals surface area (Å²) in [5, 5.41) is 13.1. The lowest BCUT2D eigenvalue weighted by Crippen LogP contribution is -2.18. The van der Waals surface area contributed by atoms with Gasteiger partial charge in [0.25, 0.3) is 15.9 Å². The maximum Gasteiger partial charge on any atom is 0.261 e. The number of carbonyl (C=O) groups excluding carboxylic acids is 1. The van der Waals surface area contributed by atoms with Crippen LogP contribution in [-0.2, 0) is 22.9 Å². The maximum absolute atomic E-state index is 13.1. The van der Waals surface area contributed by atoms with E-state index in [1.807, 2.05) is 0 Å². The van der Waals surface area contributed by atoms with Crippen LogP contribution in [0.25, 0.3) is 0 Å². The Morgan fingerprint density at radius 1 is 1.06 bits per heavy atom. The van der Waals surface area contributed by atoms with E-state index in [4.69, 9.17) is 4.74 Å². The second-order valence-electron chi connectivity index (χ2n) is 7.66. The van der Waals surface area contributed by atoms with E-state index in [9.17, 15) is 18.5 Å². The summed E-state index contributed by atoms with van der Waals surface area (Å²) in [6.07, 6.45) is 4.98. The lowest BCUT2D eigenvalue weighted by atomic mass is 10.1. The highest BCUT2D eigenvalue weighted by Crippen LogP contribution is 2.37. The van der Waals surface area contributed by atoms with Crippen molar-refractivity contribution < 1.29 is 17.9 Å². The van der Waals surface area contributed by atoms with E-state index >= 15 is 0 Å². The molecule has 33 heavy (non-hydrogen) atoms. The molecule has 3 aromatic rings. The third-order valence-corrected chi connectivity index (χ3v) is 8.13. The molecule has 4 rings (SSSR count). The van der Waals surface area contributed by atoms with Crippen molar-refractivity contribution in [3.05, 3.63) is 70.1 Å². The van der Waals surface area contributed by atoms with E-state index in [0.717, 1.165) is 42.5 Å². The van der Waals surface area contributed by atoms with E-state index < -0.39 is 15.9 Å². The van der Waals surface area contributed by atoms with Gasteiger partial charge in [0.1, 0.15) is 16.8 Å². The van der Waals surface area contributed by atoms with Crippen LogP contribution < -0.4 is 14.8 Å². The topological polar surface area (TPSA) is 108 Å². The number of rotatable bonds is 6. The molecule has 9 heteroatoms. The minimum atomic E-state index is -3.92. The van der Waals surface area contributed by atoms with Crippen LogP contribution in [0.1, 0.15) is 45.6 Å². The summed E-state index contributed by atoms with van der Waals surface area (Å²) >= 11 is 1.44. The third-order valence-electron chi connectivity index (χ3n) is 5.55. The molecule has 2 aromatic carbocycles. The predicted octanol–water partition coefficient (Wildman–Crippen LogP) is 4.95. The summed E-state index contributed by atoms with van der Waals surface area (Å²) in [7, 11) is -2.42. The van der Waals surface area contributed by atoms with E-state index in [1.54, 1.807) is 30.3 Å². The Kier molecular flexibility index (Phi) is 6.67. The first kappa shape index (κ1) is 22.8. The second-order valence-corrected chi connectivity index (χ2v) is 10.4. The molecule has 0 atom stereocenters. The highest BCUT2D eigenvalue weighted by Gasteiger charge is 2.23. The van der Waals surface area contributed by atoms with Crippen LogP contribution in [0.4, 0.5) is 10.7 Å². The Morgan fingerprint density at radius 3 is 2.52 bits per heavy atom. The van der Waals surface area contributed by atoms with Crippen molar-refractivity contribution in [1.29, 1.82) is 5.26 Å². The van der Waals surface area contributed by atoms with Gasteiger partial charge in [-0.15, -0.1) is 11.3 Å². The lowest BCUT2D eigenvalue weighted by molar-refractivity contribution is 0.102. The summed E-state index contributed by atoms with van der Waals surface area (Å²) in [4.78, 5) is 14.3. The molecule has 0 unspecified atom stereocenters. The van der Waals surface area contributed by atoms with E-state index in [1.165, 1.54) is 36.6 Å². The van der Waals surface area contributed by atoms with Gasteiger partial charge in [0.15, 0.2) is 0 Å². The van der Waals surface area contributed by atoms with Crippen molar-refractivity contribution >= 4 is 38.0 Å². The summed E-state index contributed by atoms with van der Waals surface area (Å²) < 4.78 is 33.3. The van der Waals surface area contributed by atoms with Crippen LogP contribution in [0.15, 0.2) is 53.4 Å². The van der Waals surface area contributed by atoms with Gasteiger partial charge in [-0.2, -0.15) is 5.26 Å². The molecule has 0 fully saturated rings. The van der Waals surface area contributed by atoms with Crippen molar-refractivity contribution in [2.75, 3.05) is 17.1 Å². The number of sulfonamides is 1. The molecular formula is C24H23N3O4S2. The molecule has 0 spiro atoms. The van der Waals surface area contributed by atoms with Crippen molar-refractivity contribution in [3.63, 3.8) is 0 Å². The fourth-order valence-electron chi connectivity index (χ4n) is 3.85. The summed E-state index contributed by atoms with van der Waals surface area (Å²) in [5.41, 5.74) is 1.87. The number of nitrogens with zero attached hydrogens (tertiary/aromatic N) is 1. The van der Waals surface area contributed by atoms with Gasteiger partial charge in [0, 0.05) is 4.88 Å². The molecular weight excluding hydrogens is 458 g/mol. The number of ether oxygens (including phenoxy) is 1. The number of hydrogen-bond donors (Lipinski definition) is 2. The van der Waals surface area contributed by atoms with Gasteiger partial charge in [-0.25, -0.2) is 8.42 Å². The molecule has 0 aliphatic heterocycles. The van der Waals surface area contributed by atoms with Crippen LogP contribution in [-0.4, -0.2) is 21.4 Å². The zero-order chi connectivity index (χ0) is 23.4. The molecule has 7 nitrogen and oxygen atoms in total. The first-order valence-electron chi connectivity index (χ1n) is 10.5. The number of nitriles is 1. The van der Waals surface area contributed by atoms with E-state index in [2.05, 4.69) is 16.1 Å². The smallest absolute Gasteiger partial charge is 0.261 e. The number of nitrogens with one attached hydrogen (secondary N) is 2. The van der Waals surface area contributed by atoms with Gasteiger partial charge in [0.05, 0.1) is 28.8 Å². The fraction of sp³-hybridized carbons (Fsp3) is 0.250. The summed E-state index contributed by atoms with van der Waals surface area (Å²) in [5.74, 6) is 0.0623. The number of carbonyl (C=O) groups is 1. The Labute approximate surface area is 197 Å². The van der Waals surface area contributed by atoms with Crippen molar-refractivity contribution in [2.45, 2.75) is 37.0 Å². The third kappa shape index (κ3) is 4.87. The van der Waals surface area contributed by atoms with Crippen LogP contribution in [0.3, 0.4) is 0 Å². The number of para-hydroxylation sites is 1. The molecule has 0 radical (unpaired) electrons. The summed E-state index contributed by atoms with van der Waals surface area (Å²) in [6, 6.07) is 14.6. The molecule has 0 saturated heterocycles. The second kappa shape index (κ2) is 9.65. The minimum absolute atomic E-state index is 0.0484. The number of aryl methyl sites for hydroxylation is 1. The van der Waals surface area contributed by atoms with Gasteiger partial charge in [0.2, 0.25) is 0 Å². The molecule has 1 amide bonds. The molecule has 2 N–H and O–H groups in total. The van der Waals surface area contributed by atoms with Crippen LogP contribution in [0, 0.1) is 11.3 Å². The molecule has 1 aliphatic rings. The van der Waals surface area contributed by atoms with Gasteiger partial charge in [-0.3, -0.25) is 9.52 Å². The zero-order valence-corrected chi connectivity index (χ0v) is 19.7. The van der Waals surface area contributed by atoms with Gasteiger partial charge >= 0.3 is 0 Å². The maximum atomic E-state index is 13.1. The zero-order valence-electron chi connectivity index (χ0n) is 18.1. The Morgan fingerprint density at radius 2 is 1.79 bits per heavy atom. The molecule has 0 saturated carbocycles. The van der Waals surface area contributed by atoms with Crippen LogP contribution in [0.5, 0.6) is 5.75 Å². The monoisotopic (exact) mass is 481 g/mol. The average Bonchev–Trinajstić information content (AvgIpc) is 2.97. The molecule has 1 heterocycles. The van der Waals surface area contributed by atoms with Gasteiger partial charge in [-0.1, -0.05) is 18.6 Å². The minimum Gasteiger partial charge on any atom is -0.497 e. The predicted molar refractivity (Wildman–Crippen MR) is 128 cm³/mol. The first-order valence-corrected chi connectivity index (χ1v) is 12.8. The summed E-state index contributed by atoms with van der Waals surface area (Å²) in [6.45, 7) is 0. The number of thiophene rings is 1. The quantitative estimate of drug-likeness (QED) is 0.484. The molecule has 1 aliphatic carbocycles. The Balaban J connectivity index is 1.60. The molecule has 1 aromatic heterocycles. The van der Waals surface area contributed by atoms with Gasteiger partial charge < -0.3 is 10.1 Å². The first-order chi connectivity index (χ1) is 15.9. The van der Waals surface area contributed by atoms with Gasteiger partial charge in [-0.05, 0) is 67.6 Å². The van der Waals surface area contributed by atoms with E-state index in [-0.39, 0.29) is 16.1 Å². The number of benzene rings is 2. The Hall–Kier alpha value is -3.35. The van der Waals surface area contributed by atoms with E-state index in [0.29, 0.717) is 16.3 Å². The molecule has 170 valence electrons. The van der Waals surface area contributed by atoms with Crippen LogP contribution in [0.2, 0.25) is 0 Å². The highest BCUT2D eigenvalue weighted by molar-refractivity contribution is 7.92. The number of fused-ring (bicyclic) bond motifs is 1. The highest BCUT2D eigenvalue weighted by atomic mass is 32.2. The standard InChI is InChI=1S/C24H23N3O4S2/c1-31-16-11-13-17(14-12-16)33(29,30)27-21-9-6-5-8-19(21)23(28)26-24-20(15-25)18-7-3-2-4-10-22(18)32-24/h5-6,8-9,11-14,27H,2-4,7,10H2,1H3,(H,26,28). The average molecular weight is 482 g/mol. The lowest BCUT2D eigenvalue weighted by Gasteiger charge is -2.13. The normalized spacial score (nSPS) is 13.3. The number of amides is 1. The largest absolute Gasteiger partial charge is 0.497 e. The van der Waals surface area contributed by atoms with Crippen LogP contribution >= 0.6 is 11.3 Å². The number of methoxy groups -OCH3 is 1. The fourth-order valence-corrected chi connectivity index (χ4v) is 6.16. The van der Waals surface area contributed by atoms with Crippen molar-refractivity contribution in [1.82, 2.24) is 0 Å². The number of anilines is 2. The SMILES string of the molecule is COc1ccc(S(=O)(=O)Nc2ccccc2C(=O)Nc2sc3c(c2C#N)CCCCC3)cc1. The number of hydrogen-bond acceptors (Lipinski definition) is 6. The van der Waals surface area contributed by atoms with Crippen molar-refractivity contribution in [2.24, 2.45) is 0 Å². The molecule has 0 bridgehead atoms. The van der Waals surface area contributed by atoms with Crippen molar-refractivity contribution in [3.8, 4) is 11.8 Å².